The fraction of sp³-hybridized carbons (Fsp3) is 0.0294. The zero-order chi connectivity index (χ0) is 25.0. The van der Waals surface area contributed by atoms with Gasteiger partial charge in [-0.05, 0) is 41.3 Å². The summed E-state index contributed by atoms with van der Waals surface area (Å²) in [6.45, 7) is 2.12. The van der Waals surface area contributed by atoms with Gasteiger partial charge in [0.05, 0.1) is 0 Å². The van der Waals surface area contributed by atoms with Crippen molar-refractivity contribution in [2.45, 2.75) is 6.92 Å². The molecule has 0 atom stereocenters. The van der Waals surface area contributed by atoms with Crippen LogP contribution in [0.5, 0.6) is 0 Å². The zero-order valence-electron chi connectivity index (χ0n) is 20.5. The van der Waals surface area contributed by atoms with E-state index in [1.54, 1.807) is 0 Å². The molecule has 3 nitrogen and oxygen atoms in total. The normalized spacial score (nSPS) is 10.8. The molecule has 0 spiro atoms. The molecule has 6 aromatic rings. The maximum Gasteiger partial charge on any atom is 0.164 e. The molecule has 0 radical (unpaired) electrons. The first-order valence-corrected chi connectivity index (χ1v) is 12.4. The minimum atomic E-state index is 0.657. The topological polar surface area (TPSA) is 38.7 Å². The fourth-order valence-electron chi connectivity index (χ4n) is 4.48. The first-order valence-electron chi connectivity index (χ1n) is 12.4. The van der Waals surface area contributed by atoms with Crippen molar-refractivity contribution in [3.05, 3.63) is 139 Å². The van der Waals surface area contributed by atoms with Gasteiger partial charge in [-0.1, -0.05) is 127 Å². The predicted octanol–water partition coefficient (Wildman–Crippen LogP) is 8.52. The highest BCUT2D eigenvalue weighted by atomic mass is 15.0. The van der Waals surface area contributed by atoms with Crippen molar-refractivity contribution in [3.63, 3.8) is 0 Å². The molecular weight excluding hydrogens is 450 g/mol. The molecule has 0 N–H and O–H groups in total. The van der Waals surface area contributed by atoms with Crippen LogP contribution in [0.15, 0.2) is 133 Å². The minimum Gasteiger partial charge on any atom is -0.208 e. The molecule has 3 heteroatoms. The molecule has 0 saturated carbocycles. The molecule has 6 rings (SSSR count). The number of hydrogen-bond donors (Lipinski definition) is 0. The van der Waals surface area contributed by atoms with E-state index in [1.807, 2.05) is 60.7 Å². The van der Waals surface area contributed by atoms with Gasteiger partial charge in [-0.3, -0.25) is 0 Å². The lowest BCUT2D eigenvalue weighted by Gasteiger charge is -2.10. The second-order valence-corrected chi connectivity index (χ2v) is 9.07. The lowest BCUT2D eigenvalue weighted by atomic mass is 9.97. The summed E-state index contributed by atoms with van der Waals surface area (Å²) < 4.78 is 0. The van der Waals surface area contributed by atoms with Gasteiger partial charge in [-0.2, -0.15) is 0 Å². The third kappa shape index (κ3) is 4.93. The molecule has 0 amide bonds. The number of aromatic nitrogens is 3. The third-order valence-corrected chi connectivity index (χ3v) is 6.37. The van der Waals surface area contributed by atoms with Crippen LogP contribution >= 0.6 is 0 Å². The number of benzene rings is 5. The smallest absolute Gasteiger partial charge is 0.164 e. The molecule has 0 aliphatic rings. The maximum atomic E-state index is 4.89. The third-order valence-electron chi connectivity index (χ3n) is 6.37. The van der Waals surface area contributed by atoms with E-state index in [9.17, 15) is 0 Å². The number of aryl methyl sites for hydroxylation is 1. The second-order valence-electron chi connectivity index (χ2n) is 9.07. The Bertz CT molecular complexity index is 1620. The first-order chi connectivity index (χ1) is 18.2. The fourth-order valence-corrected chi connectivity index (χ4v) is 4.48. The molecule has 1 heterocycles. The van der Waals surface area contributed by atoms with Crippen LogP contribution in [-0.4, -0.2) is 15.0 Å². The van der Waals surface area contributed by atoms with Gasteiger partial charge in [0.15, 0.2) is 17.5 Å². The summed E-state index contributed by atoms with van der Waals surface area (Å²) in [5.74, 6) is 1.98. The lowest BCUT2D eigenvalue weighted by molar-refractivity contribution is 1.07. The van der Waals surface area contributed by atoms with E-state index in [0.717, 1.165) is 27.8 Å². The summed E-state index contributed by atoms with van der Waals surface area (Å²) in [7, 11) is 0. The Morgan fingerprint density at radius 1 is 0.324 bits per heavy atom. The summed E-state index contributed by atoms with van der Waals surface area (Å²) in [6.07, 6.45) is 0. The quantitative estimate of drug-likeness (QED) is 0.251. The highest BCUT2D eigenvalue weighted by Crippen LogP contribution is 2.30. The van der Waals surface area contributed by atoms with Crippen LogP contribution in [0.4, 0.5) is 0 Å². The molecule has 176 valence electrons. The van der Waals surface area contributed by atoms with E-state index in [0.29, 0.717) is 17.5 Å². The van der Waals surface area contributed by atoms with E-state index < -0.39 is 0 Å². The van der Waals surface area contributed by atoms with E-state index >= 15 is 0 Å². The van der Waals surface area contributed by atoms with Gasteiger partial charge in [0.25, 0.3) is 0 Å². The molecule has 0 bridgehead atoms. The number of hydrogen-bond acceptors (Lipinski definition) is 3. The molecular formula is C34H25N3. The van der Waals surface area contributed by atoms with Crippen molar-refractivity contribution in [1.29, 1.82) is 0 Å². The summed E-state index contributed by atoms with van der Waals surface area (Å²) in [5.41, 5.74) is 8.82. The number of rotatable bonds is 5. The largest absolute Gasteiger partial charge is 0.208 e. The van der Waals surface area contributed by atoms with Crippen molar-refractivity contribution in [2.75, 3.05) is 0 Å². The van der Waals surface area contributed by atoms with E-state index in [4.69, 9.17) is 15.0 Å². The highest BCUT2D eigenvalue weighted by Gasteiger charge is 2.13. The average molecular weight is 476 g/mol. The standard InChI is InChI=1S/C34H25N3/c1-24-11-8-16-27(21-24)28-17-9-18-29(22-28)30-19-10-20-31(23-30)34-36-32(25-12-4-2-5-13-25)35-33(37-34)26-14-6-3-7-15-26/h2-23H,1H3. The van der Waals surface area contributed by atoms with E-state index in [2.05, 4.69) is 79.7 Å². The number of nitrogens with zero attached hydrogens (tertiary/aromatic N) is 3. The Labute approximate surface area is 217 Å². The van der Waals surface area contributed by atoms with Gasteiger partial charge >= 0.3 is 0 Å². The van der Waals surface area contributed by atoms with E-state index in [1.165, 1.54) is 16.7 Å². The van der Waals surface area contributed by atoms with Gasteiger partial charge in [0, 0.05) is 16.7 Å². The van der Waals surface area contributed by atoms with Crippen molar-refractivity contribution in [3.8, 4) is 56.4 Å². The van der Waals surface area contributed by atoms with E-state index in [-0.39, 0.29) is 0 Å². The molecule has 0 fully saturated rings. The van der Waals surface area contributed by atoms with Crippen molar-refractivity contribution >= 4 is 0 Å². The molecule has 0 aliphatic heterocycles. The Balaban J connectivity index is 1.44. The summed E-state index contributed by atoms with van der Waals surface area (Å²) in [4.78, 5) is 14.6. The summed E-state index contributed by atoms with van der Waals surface area (Å²) in [5, 5.41) is 0. The maximum absolute atomic E-state index is 4.89. The molecule has 0 saturated heterocycles. The Morgan fingerprint density at radius 2 is 0.676 bits per heavy atom. The lowest BCUT2D eigenvalue weighted by Crippen LogP contribution is -2.00. The highest BCUT2D eigenvalue weighted by molar-refractivity contribution is 5.76. The monoisotopic (exact) mass is 475 g/mol. The minimum absolute atomic E-state index is 0.657. The molecule has 0 aliphatic carbocycles. The summed E-state index contributed by atoms with van der Waals surface area (Å²) in [6, 6.07) is 45.8. The van der Waals surface area contributed by atoms with Crippen LogP contribution in [0, 0.1) is 6.92 Å². The van der Waals surface area contributed by atoms with Crippen LogP contribution in [0.1, 0.15) is 5.56 Å². The zero-order valence-corrected chi connectivity index (χ0v) is 20.5. The SMILES string of the molecule is Cc1cccc(-c2cccc(-c3cccc(-c4nc(-c5ccccc5)nc(-c5ccccc5)n4)c3)c2)c1. The van der Waals surface area contributed by atoms with Crippen LogP contribution in [-0.2, 0) is 0 Å². The van der Waals surface area contributed by atoms with Gasteiger partial charge < -0.3 is 0 Å². The molecule has 5 aromatic carbocycles. The molecule has 37 heavy (non-hydrogen) atoms. The van der Waals surface area contributed by atoms with Crippen molar-refractivity contribution < 1.29 is 0 Å². The predicted molar refractivity (Wildman–Crippen MR) is 152 cm³/mol. The van der Waals surface area contributed by atoms with Crippen LogP contribution in [0.3, 0.4) is 0 Å². The van der Waals surface area contributed by atoms with Gasteiger partial charge in [-0.15, -0.1) is 0 Å². The van der Waals surface area contributed by atoms with Crippen LogP contribution < -0.4 is 0 Å². The Morgan fingerprint density at radius 3 is 1.16 bits per heavy atom. The Kier molecular flexibility index (Phi) is 6.10. The molecule has 0 unspecified atom stereocenters. The van der Waals surface area contributed by atoms with Crippen molar-refractivity contribution in [1.82, 2.24) is 15.0 Å². The van der Waals surface area contributed by atoms with Gasteiger partial charge in [0.1, 0.15) is 0 Å². The summed E-state index contributed by atoms with van der Waals surface area (Å²) >= 11 is 0. The van der Waals surface area contributed by atoms with Crippen LogP contribution in [0.25, 0.3) is 56.4 Å². The van der Waals surface area contributed by atoms with Crippen LogP contribution in [0.2, 0.25) is 0 Å². The first kappa shape index (κ1) is 22.6. The Hall–Kier alpha value is -4.89. The van der Waals surface area contributed by atoms with Crippen molar-refractivity contribution in [2.24, 2.45) is 0 Å². The molecule has 1 aromatic heterocycles. The average Bonchev–Trinajstić information content (AvgIpc) is 2.98. The van der Waals surface area contributed by atoms with Gasteiger partial charge in [-0.25, -0.2) is 15.0 Å². The second kappa shape index (κ2) is 10.00. The van der Waals surface area contributed by atoms with Gasteiger partial charge in [0.2, 0.25) is 0 Å².